The predicted molar refractivity (Wildman–Crippen MR) is 30.3 cm³/mol. The molecule has 3 N–H and O–H groups in total. The SMILES string of the molecule is OC1(O)CCC1(O)Br. The molecule has 1 saturated carbocycles. The van der Waals surface area contributed by atoms with E-state index in [4.69, 9.17) is 15.3 Å². The maximum Gasteiger partial charge on any atom is 0.202 e. The van der Waals surface area contributed by atoms with E-state index in [1.54, 1.807) is 0 Å². The normalized spacial score (nSPS) is 43.5. The molecule has 0 bridgehead atoms. The molecule has 0 amide bonds. The summed E-state index contributed by atoms with van der Waals surface area (Å²) >= 11 is 2.74. The Morgan fingerprint density at radius 3 is 1.50 bits per heavy atom. The van der Waals surface area contributed by atoms with E-state index in [0.717, 1.165) is 0 Å². The highest BCUT2D eigenvalue weighted by Gasteiger charge is 2.55. The second kappa shape index (κ2) is 1.44. The minimum atomic E-state index is -1.91. The molecule has 8 heavy (non-hydrogen) atoms. The van der Waals surface area contributed by atoms with Gasteiger partial charge in [0.15, 0.2) is 4.51 Å². The highest BCUT2D eigenvalue weighted by atomic mass is 79.9. The average Bonchev–Trinajstić information content (AvgIpc) is 1.64. The Bertz CT molecular complexity index is 95.9. The van der Waals surface area contributed by atoms with E-state index >= 15 is 0 Å². The molecule has 1 atom stereocenters. The number of hydrogen-bond acceptors (Lipinski definition) is 3. The first kappa shape index (κ1) is 6.48. The molecule has 1 rings (SSSR count). The highest BCUT2D eigenvalue weighted by molar-refractivity contribution is 9.10. The number of halogens is 1. The standard InChI is InChI=1S/C4H7BrO3/c5-3(6)1-2-4(3,7)8/h6-8H,1-2H2. The van der Waals surface area contributed by atoms with Gasteiger partial charge in [0, 0.05) is 6.42 Å². The van der Waals surface area contributed by atoms with Crippen molar-refractivity contribution in [1.29, 1.82) is 0 Å². The van der Waals surface area contributed by atoms with Gasteiger partial charge in [0.2, 0.25) is 5.79 Å². The lowest BCUT2D eigenvalue weighted by Crippen LogP contribution is -2.58. The molecule has 1 fully saturated rings. The van der Waals surface area contributed by atoms with Crippen LogP contribution in [0.3, 0.4) is 0 Å². The predicted octanol–water partition coefficient (Wildman–Crippen LogP) is -0.455. The second-order valence-corrected chi connectivity index (χ2v) is 3.39. The lowest BCUT2D eigenvalue weighted by Gasteiger charge is -2.44. The molecule has 48 valence electrons. The van der Waals surface area contributed by atoms with Crippen LogP contribution in [0.15, 0.2) is 0 Å². The molecule has 1 unspecified atom stereocenters. The van der Waals surface area contributed by atoms with Crippen LogP contribution in [-0.2, 0) is 0 Å². The van der Waals surface area contributed by atoms with E-state index in [1.165, 1.54) is 0 Å². The number of hydrogen-bond donors (Lipinski definition) is 3. The van der Waals surface area contributed by atoms with E-state index < -0.39 is 10.3 Å². The van der Waals surface area contributed by atoms with Gasteiger partial charge < -0.3 is 15.3 Å². The van der Waals surface area contributed by atoms with Gasteiger partial charge in [0.05, 0.1) is 0 Å². The van der Waals surface area contributed by atoms with Crippen molar-refractivity contribution >= 4 is 15.9 Å². The van der Waals surface area contributed by atoms with Gasteiger partial charge in [-0.05, 0) is 22.4 Å². The lowest BCUT2D eigenvalue weighted by atomic mass is 9.88. The molecule has 4 heteroatoms. The molecule has 0 heterocycles. The van der Waals surface area contributed by atoms with Gasteiger partial charge in [-0.3, -0.25) is 0 Å². The van der Waals surface area contributed by atoms with Crippen molar-refractivity contribution in [2.24, 2.45) is 0 Å². The Kier molecular flexibility index (Phi) is 1.17. The molecule has 0 aromatic heterocycles. The van der Waals surface area contributed by atoms with Crippen LogP contribution in [0.2, 0.25) is 0 Å². The Balaban J connectivity index is 2.63. The van der Waals surface area contributed by atoms with Gasteiger partial charge in [0.25, 0.3) is 0 Å². The van der Waals surface area contributed by atoms with E-state index in [9.17, 15) is 0 Å². The summed E-state index contributed by atoms with van der Waals surface area (Å²) < 4.78 is -1.46. The van der Waals surface area contributed by atoms with Crippen LogP contribution in [0.25, 0.3) is 0 Å². The van der Waals surface area contributed by atoms with Gasteiger partial charge in [-0.25, -0.2) is 0 Å². The molecular weight excluding hydrogens is 176 g/mol. The molecule has 0 radical (unpaired) electrons. The van der Waals surface area contributed by atoms with Gasteiger partial charge in [-0.15, -0.1) is 0 Å². The summed E-state index contributed by atoms with van der Waals surface area (Å²) in [5.41, 5.74) is 0. The molecule has 1 aliphatic rings. The van der Waals surface area contributed by atoms with Crippen molar-refractivity contribution in [3.05, 3.63) is 0 Å². The van der Waals surface area contributed by atoms with E-state index in [-0.39, 0.29) is 6.42 Å². The van der Waals surface area contributed by atoms with Crippen LogP contribution in [0.5, 0.6) is 0 Å². The first-order valence-corrected chi connectivity index (χ1v) is 3.11. The number of aliphatic hydroxyl groups is 3. The fraction of sp³-hybridized carbons (Fsp3) is 1.00. The third-order valence-electron chi connectivity index (χ3n) is 1.42. The van der Waals surface area contributed by atoms with Crippen molar-refractivity contribution in [3.8, 4) is 0 Å². The minimum absolute atomic E-state index is 0.231. The third kappa shape index (κ3) is 0.683. The first-order valence-electron chi connectivity index (χ1n) is 2.32. The summed E-state index contributed by atoms with van der Waals surface area (Å²) in [6.45, 7) is 0. The van der Waals surface area contributed by atoms with Gasteiger partial charge in [-0.1, -0.05) is 0 Å². The van der Waals surface area contributed by atoms with E-state index in [2.05, 4.69) is 15.9 Å². The van der Waals surface area contributed by atoms with Crippen molar-refractivity contribution < 1.29 is 15.3 Å². The summed E-state index contributed by atoms with van der Waals surface area (Å²) in [7, 11) is 0. The van der Waals surface area contributed by atoms with Crippen LogP contribution in [0, 0.1) is 0 Å². The summed E-state index contributed by atoms with van der Waals surface area (Å²) in [5.74, 6) is -1.91. The van der Waals surface area contributed by atoms with Gasteiger partial charge >= 0.3 is 0 Å². The number of rotatable bonds is 0. The van der Waals surface area contributed by atoms with Gasteiger partial charge in [0.1, 0.15) is 0 Å². The zero-order valence-electron chi connectivity index (χ0n) is 4.13. The minimum Gasteiger partial charge on any atom is -0.373 e. The quantitative estimate of drug-likeness (QED) is 0.352. The fourth-order valence-electron chi connectivity index (χ4n) is 0.555. The smallest absolute Gasteiger partial charge is 0.202 e. The van der Waals surface area contributed by atoms with Crippen LogP contribution in [-0.4, -0.2) is 25.6 Å². The first-order chi connectivity index (χ1) is 3.46. The van der Waals surface area contributed by atoms with Crippen molar-refractivity contribution in [1.82, 2.24) is 0 Å². The molecule has 0 aliphatic heterocycles. The summed E-state index contributed by atoms with van der Waals surface area (Å²) in [4.78, 5) is 0. The Morgan fingerprint density at radius 2 is 1.50 bits per heavy atom. The topological polar surface area (TPSA) is 60.7 Å². The van der Waals surface area contributed by atoms with Crippen molar-refractivity contribution in [2.45, 2.75) is 23.1 Å². The number of alkyl halides is 1. The second-order valence-electron chi connectivity index (χ2n) is 2.08. The Hall–Kier alpha value is 0.360. The largest absolute Gasteiger partial charge is 0.373 e. The fourth-order valence-corrected chi connectivity index (χ4v) is 0.951. The lowest BCUT2D eigenvalue weighted by molar-refractivity contribution is -0.290. The zero-order chi connectivity index (χ0) is 6.41. The molecule has 0 spiro atoms. The molecule has 3 nitrogen and oxygen atoms in total. The van der Waals surface area contributed by atoms with Crippen LogP contribution >= 0.6 is 15.9 Å². The molecule has 0 saturated heterocycles. The average molecular weight is 183 g/mol. The molecule has 1 aliphatic carbocycles. The van der Waals surface area contributed by atoms with Crippen LogP contribution in [0.1, 0.15) is 12.8 Å². The molecule has 0 aromatic rings. The maximum absolute atomic E-state index is 8.86. The maximum atomic E-state index is 8.86. The van der Waals surface area contributed by atoms with Crippen molar-refractivity contribution in [2.75, 3.05) is 0 Å². The summed E-state index contributed by atoms with van der Waals surface area (Å²) in [5, 5.41) is 26.3. The van der Waals surface area contributed by atoms with Crippen LogP contribution in [0.4, 0.5) is 0 Å². The van der Waals surface area contributed by atoms with E-state index in [0.29, 0.717) is 6.42 Å². The van der Waals surface area contributed by atoms with Gasteiger partial charge in [-0.2, -0.15) is 0 Å². The molecular formula is C4H7BrO3. The van der Waals surface area contributed by atoms with Crippen LogP contribution < -0.4 is 0 Å². The summed E-state index contributed by atoms with van der Waals surface area (Å²) in [6.07, 6.45) is 0.620. The molecule has 0 aromatic carbocycles. The van der Waals surface area contributed by atoms with Crippen molar-refractivity contribution in [3.63, 3.8) is 0 Å². The Morgan fingerprint density at radius 1 is 1.12 bits per heavy atom. The highest BCUT2D eigenvalue weighted by Crippen LogP contribution is 2.44. The third-order valence-corrected chi connectivity index (χ3v) is 2.45. The monoisotopic (exact) mass is 182 g/mol. The summed E-state index contributed by atoms with van der Waals surface area (Å²) in [6, 6.07) is 0. The van der Waals surface area contributed by atoms with E-state index in [1.807, 2.05) is 0 Å². The zero-order valence-corrected chi connectivity index (χ0v) is 5.72. The Labute approximate surface area is 55.1 Å².